The Labute approximate surface area is 123 Å². The van der Waals surface area contributed by atoms with E-state index >= 15 is 0 Å². The van der Waals surface area contributed by atoms with E-state index in [0.29, 0.717) is 0 Å². The van der Waals surface area contributed by atoms with E-state index in [1.54, 1.807) is 0 Å². The van der Waals surface area contributed by atoms with Gasteiger partial charge in [-0.15, -0.1) is 0 Å². The molecule has 0 aromatic rings. The van der Waals surface area contributed by atoms with Gasteiger partial charge in [-0.3, -0.25) is 4.79 Å². The second-order valence-electron chi connectivity index (χ2n) is 7.11. The Morgan fingerprint density at radius 1 is 1.30 bits per heavy atom. The minimum atomic E-state index is -0.0254. The van der Waals surface area contributed by atoms with Crippen LogP contribution >= 0.6 is 0 Å². The van der Waals surface area contributed by atoms with E-state index in [0.717, 1.165) is 45.4 Å². The average molecular weight is 282 g/mol. The van der Waals surface area contributed by atoms with Crippen LogP contribution in [-0.2, 0) is 9.53 Å². The second-order valence-corrected chi connectivity index (χ2v) is 7.11. The van der Waals surface area contributed by atoms with Gasteiger partial charge in [0.15, 0.2) is 0 Å². The van der Waals surface area contributed by atoms with Crippen molar-refractivity contribution in [1.82, 2.24) is 10.2 Å². The summed E-state index contributed by atoms with van der Waals surface area (Å²) in [4.78, 5) is 14.7. The average Bonchev–Trinajstić information content (AvgIpc) is 2.71. The summed E-state index contributed by atoms with van der Waals surface area (Å²) in [5, 5.41) is 3.18. The maximum absolute atomic E-state index is 12.6. The highest BCUT2D eigenvalue weighted by molar-refractivity contribution is 5.82. The number of carbonyl (C=O) groups is 1. The molecule has 2 aliphatic rings. The Bertz CT molecular complexity index is 322. The van der Waals surface area contributed by atoms with Crippen molar-refractivity contribution in [3.63, 3.8) is 0 Å². The molecule has 2 atom stereocenters. The normalized spacial score (nSPS) is 31.8. The van der Waals surface area contributed by atoms with Crippen molar-refractivity contribution in [2.24, 2.45) is 5.41 Å². The van der Waals surface area contributed by atoms with E-state index in [1.165, 1.54) is 12.8 Å². The number of ether oxygens (including phenoxy) is 1. The molecular weight excluding hydrogens is 252 g/mol. The number of carbonyl (C=O) groups excluding carboxylic acids is 1. The third-order valence-corrected chi connectivity index (χ3v) is 4.63. The molecule has 4 heteroatoms. The largest absolute Gasteiger partial charge is 0.376 e. The zero-order valence-corrected chi connectivity index (χ0v) is 13.3. The molecule has 0 aromatic heterocycles. The van der Waals surface area contributed by atoms with Crippen LogP contribution in [-0.4, -0.2) is 49.7 Å². The Kier molecular flexibility index (Phi) is 5.44. The van der Waals surface area contributed by atoms with Crippen molar-refractivity contribution in [1.29, 1.82) is 0 Å². The monoisotopic (exact) mass is 282 g/mol. The lowest BCUT2D eigenvalue weighted by Gasteiger charge is -2.32. The first kappa shape index (κ1) is 15.8. The van der Waals surface area contributed by atoms with Crippen LogP contribution in [0.1, 0.15) is 52.4 Å². The highest BCUT2D eigenvalue weighted by Gasteiger charge is 2.35. The topological polar surface area (TPSA) is 41.6 Å². The molecular formula is C16H30N2O2. The van der Waals surface area contributed by atoms with Crippen LogP contribution < -0.4 is 5.32 Å². The minimum Gasteiger partial charge on any atom is -0.376 e. The molecule has 2 aliphatic heterocycles. The van der Waals surface area contributed by atoms with Crippen molar-refractivity contribution < 1.29 is 9.53 Å². The van der Waals surface area contributed by atoms with Crippen LogP contribution in [0.3, 0.4) is 0 Å². The molecule has 2 rings (SSSR count). The lowest BCUT2D eigenvalue weighted by molar-refractivity contribution is -0.135. The van der Waals surface area contributed by atoms with E-state index in [2.05, 4.69) is 19.2 Å². The highest BCUT2D eigenvalue weighted by atomic mass is 16.5. The fourth-order valence-corrected chi connectivity index (χ4v) is 3.35. The number of hydrogen-bond acceptors (Lipinski definition) is 3. The highest BCUT2D eigenvalue weighted by Crippen LogP contribution is 2.29. The number of likely N-dealkylation sites (N-methyl/N-ethyl adjacent to an activating group) is 1. The van der Waals surface area contributed by atoms with Gasteiger partial charge in [-0.25, -0.2) is 0 Å². The molecule has 0 radical (unpaired) electrons. The van der Waals surface area contributed by atoms with Crippen molar-refractivity contribution >= 4 is 5.91 Å². The Balaban J connectivity index is 2.03. The maximum Gasteiger partial charge on any atom is 0.239 e. The third-order valence-electron chi connectivity index (χ3n) is 4.63. The molecule has 2 fully saturated rings. The fourth-order valence-electron chi connectivity index (χ4n) is 3.35. The molecule has 2 unspecified atom stereocenters. The van der Waals surface area contributed by atoms with Gasteiger partial charge in [0, 0.05) is 19.7 Å². The van der Waals surface area contributed by atoms with Gasteiger partial charge in [0.25, 0.3) is 0 Å². The minimum absolute atomic E-state index is 0.0254. The molecule has 0 bridgehead atoms. The summed E-state index contributed by atoms with van der Waals surface area (Å²) in [6, 6.07) is -0.0254. The molecule has 2 heterocycles. The van der Waals surface area contributed by atoms with E-state index in [1.807, 2.05) is 11.9 Å². The maximum atomic E-state index is 12.6. The molecule has 0 aliphatic carbocycles. The van der Waals surface area contributed by atoms with Crippen molar-refractivity contribution in [3.8, 4) is 0 Å². The molecule has 1 N–H and O–H groups in total. The zero-order valence-electron chi connectivity index (χ0n) is 13.3. The molecule has 4 nitrogen and oxygen atoms in total. The summed E-state index contributed by atoms with van der Waals surface area (Å²) in [6.07, 6.45) is 6.99. The smallest absolute Gasteiger partial charge is 0.239 e. The van der Waals surface area contributed by atoms with Crippen LogP contribution in [0.2, 0.25) is 0 Å². The molecule has 2 saturated heterocycles. The van der Waals surface area contributed by atoms with Gasteiger partial charge in [0.1, 0.15) is 0 Å². The van der Waals surface area contributed by atoms with Crippen LogP contribution in [0, 0.1) is 5.41 Å². The van der Waals surface area contributed by atoms with E-state index in [-0.39, 0.29) is 23.5 Å². The number of nitrogens with zero attached hydrogens (tertiary/aromatic N) is 1. The second kappa shape index (κ2) is 6.90. The Morgan fingerprint density at radius 3 is 2.85 bits per heavy atom. The van der Waals surface area contributed by atoms with Gasteiger partial charge < -0.3 is 15.0 Å². The van der Waals surface area contributed by atoms with Crippen molar-refractivity contribution in [2.45, 2.75) is 64.5 Å². The first-order valence-electron chi connectivity index (χ1n) is 8.09. The molecule has 20 heavy (non-hydrogen) atoms. The number of hydrogen-bond donors (Lipinski definition) is 1. The number of rotatable bonds is 3. The molecule has 1 amide bonds. The fraction of sp³-hybridized carbons (Fsp3) is 0.938. The summed E-state index contributed by atoms with van der Waals surface area (Å²) in [6.45, 7) is 6.99. The Morgan fingerprint density at radius 2 is 2.10 bits per heavy atom. The Hall–Kier alpha value is -0.610. The van der Waals surface area contributed by atoms with Crippen LogP contribution in [0.5, 0.6) is 0 Å². The SMILES string of the molecule is CNC1CCC(C)(C)CN(CC2CCCCCO2)C1=O. The predicted octanol–water partition coefficient (Wildman–Crippen LogP) is 2.18. The van der Waals surface area contributed by atoms with Crippen LogP contribution in [0.15, 0.2) is 0 Å². The third kappa shape index (κ3) is 4.19. The molecule has 0 saturated carbocycles. The van der Waals surface area contributed by atoms with Crippen LogP contribution in [0.4, 0.5) is 0 Å². The van der Waals surface area contributed by atoms with Gasteiger partial charge in [0.2, 0.25) is 5.91 Å². The van der Waals surface area contributed by atoms with Crippen molar-refractivity contribution in [3.05, 3.63) is 0 Å². The summed E-state index contributed by atoms with van der Waals surface area (Å²) >= 11 is 0. The van der Waals surface area contributed by atoms with Gasteiger partial charge in [-0.1, -0.05) is 26.7 Å². The van der Waals surface area contributed by atoms with E-state index in [9.17, 15) is 4.79 Å². The summed E-state index contributed by atoms with van der Waals surface area (Å²) in [7, 11) is 1.89. The molecule has 0 spiro atoms. The predicted molar refractivity (Wildman–Crippen MR) is 80.7 cm³/mol. The van der Waals surface area contributed by atoms with Gasteiger partial charge in [0.05, 0.1) is 12.1 Å². The first-order chi connectivity index (χ1) is 9.52. The lowest BCUT2D eigenvalue weighted by atomic mass is 9.87. The summed E-state index contributed by atoms with van der Waals surface area (Å²) < 4.78 is 5.92. The van der Waals surface area contributed by atoms with Crippen LogP contribution in [0.25, 0.3) is 0 Å². The number of amides is 1. The molecule has 0 aromatic carbocycles. The first-order valence-corrected chi connectivity index (χ1v) is 8.09. The van der Waals surface area contributed by atoms with Gasteiger partial charge in [-0.2, -0.15) is 0 Å². The number of likely N-dealkylation sites (tertiary alicyclic amines) is 1. The molecule has 116 valence electrons. The van der Waals surface area contributed by atoms with E-state index < -0.39 is 0 Å². The summed E-state index contributed by atoms with van der Waals surface area (Å²) in [5.74, 6) is 0.255. The van der Waals surface area contributed by atoms with E-state index in [4.69, 9.17) is 4.74 Å². The lowest BCUT2D eigenvalue weighted by Crippen LogP contribution is -2.48. The van der Waals surface area contributed by atoms with Gasteiger partial charge in [-0.05, 0) is 38.1 Å². The zero-order chi connectivity index (χ0) is 14.6. The summed E-state index contributed by atoms with van der Waals surface area (Å²) in [5.41, 5.74) is 0.200. The standard InChI is InChI=1S/C16H30N2O2/c1-16(2)9-8-14(17-3)15(19)18(12-16)11-13-7-5-4-6-10-20-13/h13-14,17H,4-12H2,1-3H3. The van der Waals surface area contributed by atoms with Gasteiger partial charge >= 0.3 is 0 Å². The quantitative estimate of drug-likeness (QED) is 0.862. The van der Waals surface area contributed by atoms with Crippen molar-refractivity contribution in [2.75, 3.05) is 26.7 Å². The number of nitrogens with one attached hydrogen (secondary N) is 1.